The van der Waals surface area contributed by atoms with Gasteiger partial charge >= 0.3 is 0 Å². The highest BCUT2D eigenvalue weighted by molar-refractivity contribution is 5.96. The van der Waals surface area contributed by atoms with E-state index in [0.29, 0.717) is 23.4 Å². The average Bonchev–Trinajstić information content (AvgIpc) is 2.79. The molecule has 1 saturated heterocycles. The molecule has 2 amide bonds. The third kappa shape index (κ3) is 4.91. The highest BCUT2D eigenvalue weighted by atomic mass is 16.5. The lowest BCUT2D eigenvalue weighted by molar-refractivity contribution is -0.605. The molecule has 2 aromatic carbocycles. The number of hydrogen-bond donors (Lipinski definition) is 1. The van der Waals surface area contributed by atoms with Gasteiger partial charge in [-0.2, -0.15) is 4.73 Å². The van der Waals surface area contributed by atoms with Crippen molar-refractivity contribution in [1.29, 1.82) is 0 Å². The van der Waals surface area contributed by atoms with Gasteiger partial charge in [0.1, 0.15) is 0 Å². The smallest absolute Gasteiger partial charge is 0.254 e. The Balaban J connectivity index is 1.43. The van der Waals surface area contributed by atoms with E-state index in [0.717, 1.165) is 29.7 Å². The first-order valence-corrected chi connectivity index (χ1v) is 10.5. The molecule has 2 heterocycles. The molecule has 3 aromatic rings. The number of likely N-dealkylation sites (tertiary alicyclic amines) is 1. The molecule has 6 heteroatoms. The zero-order valence-electron chi connectivity index (χ0n) is 17.5. The number of carbonyl (C=O) groups excluding carboxylic acids is 2. The van der Waals surface area contributed by atoms with Crippen LogP contribution < -0.4 is 10.0 Å². The summed E-state index contributed by atoms with van der Waals surface area (Å²) in [6.45, 7) is 3.03. The van der Waals surface area contributed by atoms with E-state index in [9.17, 15) is 14.8 Å². The molecule has 1 aliphatic heterocycles. The number of hydrogen-bond acceptors (Lipinski definition) is 3. The zero-order chi connectivity index (χ0) is 21.8. The van der Waals surface area contributed by atoms with Crippen LogP contribution in [0.25, 0.3) is 11.1 Å². The standard InChI is InChI=1S/C25H25N3O3/c1-18-5-2-6-20(15-18)21-7-3-9-23(16-21)26-24(29)22-8-4-12-27(17-22)25(30)19-10-13-28(31)14-11-19/h2-3,5-7,9-11,13-16,22H,4,8,12,17H2,1H3,(H,26,29)/t22-/m1/s1. The van der Waals surface area contributed by atoms with Crippen molar-refractivity contribution in [1.82, 2.24) is 4.90 Å². The van der Waals surface area contributed by atoms with E-state index >= 15 is 0 Å². The summed E-state index contributed by atoms with van der Waals surface area (Å²) >= 11 is 0. The van der Waals surface area contributed by atoms with Crippen molar-refractivity contribution in [3.05, 3.63) is 89.4 Å². The number of rotatable bonds is 4. The van der Waals surface area contributed by atoms with Crippen LogP contribution in [0, 0.1) is 18.0 Å². The van der Waals surface area contributed by atoms with Gasteiger partial charge in [0.15, 0.2) is 12.4 Å². The number of nitrogens with one attached hydrogen (secondary N) is 1. The van der Waals surface area contributed by atoms with Gasteiger partial charge in [-0.15, -0.1) is 0 Å². The number of aryl methyl sites for hydroxylation is 1. The van der Waals surface area contributed by atoms with Gasteiger partial charge in [-0.1, -0.05) is 42.0 Å². The topological polar surface area (TPSA) is 76.4 Å². The van der Waals surface area contributed by atoms with Crippen LogP contribution in [-0.4, -0.2) is 29.8 Å². The molecule has 1 atom stereocenters. The molecule has 0 bridgehead atoms. The van der Waals surface area contributed by atoms with E-state index in [2.05, 4.69) is 30.4 Å². The van der Waals surface area contributed by atoms with Crippen LogP contribution in [0.5, 0.6) is 0 Å². The summed E-state index contributed by atoms with van der Waals surface area (Å²) in [6, 6.07) is 19.1. The highest BCUT2D eigenvalue weighted by Crippen LogP contribution is 2.25. The quantitative estimate of drug-likeness (QED) is 0.520. The molecule has 0 aliphatic carbocycles. The number of piperidine rings is 1. The Morgan fingerprint density at radius 2 is 1.74 bits per heavy atom. The fourth-order valence-corrected chi connectivity index (χ4v) is 3.96. The molecule has 6 nitrogen and oxygen atoms in total. The molecule has 0 radical (unpaired) electrons. The van der Waals surface area contributed by atoms with E-state index in [4.69, 9.17) is 0 Å². The lowest BCUT2D eigenvalue weighted by Crippen LogP contribution is -2.44. The first-order valence-electron chi connectivity index (χ1n) is 10.5. The maximum atomic E-state index is 12.9. The first-order chi connectivity index (χ1) is 15.0. The second-order valence-electron chi connectivity index (χ2n) is 7.98. The second-order valence-corrected chi connectivity index (χ2v) is 7.98. The number of nitrogens with zero attached hydrogens (tertiary/aromatic N) is 2. The number of anilines is 1. The van der Waals surface area contributed by atoms with Gasteiger partial charge in [-0.05, 0) is 43.0 Å². The molecule has 0 spiro atoms. The van der Waals surface area contributed by atoms with Crippen molar-refractivity contribution < 1.29 is 14.3 Å². The largest absolute Gasteiger partial charge is 0.619 e. The second kappa shape index (κ2) is 9.00. The molecule has 0 unspecified atom stereocenters. The van der Waals surface area contributed by atoms with Crippen molar-refractivity contribution in [2.45, 2.75) is 19.8 Å². The van der Waals surface area contributed by atoms with E-state index in [1.54, 1.807) is 4.90 Å². The fraction of sp³-hybridized carbons (Fsp3) is 0.240. The Kier molecular flexibility index (Phi) is 5.98. The lowest BCUT2D eigenvalue weighted by atomic mass is 9.96. The maximum absolute atomic E-state index is 12.9. The zero-order valence-corrected chi connectivity index (χ0v) is 17.5. The molecule has 1 aliphatic rings. The van der Waals surface area contributed by atoms with Crippen LogP contribution in [-0.2, 0) is 4.79 Å². The van der Waals surface area contributed by atoms with Gasteiger partial charge in [0.2, 0.25) is 5.91 Å². The predicted octanol–water partition coefficient (Wildman–Crippen LogP) is 3.79. The van der Waals surface area contributed by atoms with Crippen LogP contribution in [0.1, 0.15) is 28.8 Å². The molecular formula is C25H25N3O3. The van der Waals surface area contributed by atoms with Gasteiger partial charge in [0.25, 0.3) is 5.91 Å². The minimum atomic E-state index is -0.270. The number of pyridine rings is 1. The van der Waals surface area contributed by atoms with Crippen LogP contribution in [0.4, 0.5) is 5.69 Å². The minimum Gasteiger partial charge on any atom is -0.619 e. The summed E-state index contributed by atoms with van der Waals surface area (Å²) in [4.78, 5) is 27.4. The van der Waals surface area contributed by atoms with Gasteiger partial charge in [-0.25, -0.2) is 0 Å². The number of amides is 2. The normalized spacial score (nSPS) is 16.0. The van der Waals surface area contributed by atoms with Crippen LogP contribution in [0.15, 0.2) is 73.1 Å². The van der Waals surface area contributed by atoms with Crippen LogP contribution >= 0.6 is 0 Å². The summed E-state index contributed by atoms with van der Waals surface area (Å²) in [5, 5.41) is 14.2. The highest BCUT2D eigenvalue weighted by Gasteiger charge is 2.29. The van der Waals surface area contributed by atoms with Gasteiger partial charge in [0.05, 0.1) is 11.5 Å². The molecule has 1 aromatic heterocycles. The number of aromatic nitrogens is 1. The van der Waals surface area contributed by atoms with Gasteiger partial charge < -0.3 is 15.4 Å². The van der Waals surface area contributed by atoms with Crippen molar-refractivity contribution in [2.24, 2.45) is 5.92 Å². The predicted molar refractivity (Wildman–Crippen MR) is 119 cm³/mol. The van der Waals surface area contributed by atoms with Crippen molar-refractivity contribution in [3.63, 3.8) is 0 Å². The number of benzene rings is 2. The fourth-order valence-electron chi connectivity index (χ4n) is 3.96. The number of carbonyl (C=O) groups is 2. The lowest BCUT2D eigenvalue weighted by Gasteiger charge is -2.32. The summed E-state index contributed by atoms with van der Waals surface area (Å²) in [6.07, 6.45) is 4.12. The molecular weight excluding hydrogens is 390 g/mol. The van der Waals surface area contributed by atoms with E-state index in [-0.39, 0.29) is 17.7 Å². The first kappa shape index (κ1) is 20.6. The third-order valence-corrected chi connectivity index (χ3v) is 5.61. The van der Waals surface area contributed by atoms with Crippen LogP contribution in [0.2, 0.25) is 0 Å². The third-order valence-electron chi connectivity index (χ3n) is 5.61. The molecule has 4 rings (SSSR count). The van der Waals surface area contributed by atoms with Gasteiger partial charge in [-0.3, -0.25) is 9.59 Å². The Morgan fingerprint density at radius 3 is 2.48 bits per heavy atom. The van der Waals surface area contributed by atoms with Crippen molar-refractivity contribution >= 4 is 17.5 Å². The van der Waals surface area contributed by atoms with E-state index in [1.807, 2.05) is 30.3 Å². The summed E-state index contributed by atoms with van der Waals surface area (Å²) in [5.41, 5.74) is 4.53. The molecule has 1 N–H and O–H groups in total. The Hall–Kier alpha value is -3.67. The molecule has 1 fully saturated rings. The molecule has 158 valence electrons. The molecule has 0 saturated carbocycles. The Labute approximate surface area is 181 Å². The maximum Gasteiger partial charge on any atom is 0.254 e. The van der Waals surface area contributed by atoms with E-state index in [1.165, 1.54) is 30.1 Å². The van der Waals surface area contributed by atoms with Crippen molar-refractivity contribution in [3.8, 4) is 11.1 Å². The summed E-state index contributed by atoms with van der Waals surface area (Å²) < 4.78 is 0.647. The van der Waals surface area contributed by atoms with Crippen molar-refractivity contribution in [2.75, 3.05) is 18.4 Å². The SMILES string of the molecule is Cc1cccc(-c2cccc(NC(=O)[C@@H]3CCCN(C(=O)c4cc[n+]([O-])cc4)C3)c2)c1. The average molecular weight is 415 g/mol. The Bertz CT molecular complexity index is 1100. The van der Waals surface area contributed by atoms with E-state index < -0.39 is 0 Å². The summed E-state index contributed by atoms with van der Waals surface area (Å²) in [7, 11) is 0. The molecule has 31 heavy (non-hydrogen) atoms. The monoisotopic (exact) mass is 415 g/mol. The summed E-state index contributed by atoms with van der Waals surface area (Å²) in [5.74, 6) is -0.502. The Morgan fingerprint density at radius 1 is 1.03 bits per heavy atom. The van der Waals surface area contributed by atoms with Crippen LogP contribution in [0.3, 0.4) is 0 Å². The van der Waals surface area contributed by atoms with Gasteiger partial charge in [0, 0.05) is 30.9 Å². The minimum absolute atomic E-state index is 0.0793.